The predicted molar refractivity (Wildman–Crippen MR) is 140 cm³/mol. The summed E-state index contributed by atoms with van der Waals surface area (Å²) in [5, 5.41) is 22.7. The molecule has 8 nitrogen and oxygen atoms in total. The normalized spacial score (nSPS) is 19.2. The second kappa shape index (κ2) is 11.0. The summed E-state index contributed by atoms with van der Waals surface area (Å²) in [7, 11) is 1.61. The van der Waals surface area contributed by atoms with Crippen LogP contribution in [0.5, 0.6) is 11.5 Å². The lowest BCUT2D eigenvalue weighted by atomic mass is 9.86. The number of carbonyl (C=O) groups excluding carboxylic acids is 1. The third-order valence-electron chi connectivity index (χ3n) is 7.03. The highest BCUT2D eigenvalue weighted by Gasteiger charge is 2.28. The number of anilines is 1. The number of halogens is 1. The Hall–Kier alpha value is -2.91. The third-order valence-corrected chi connectivity index (χ3v) is 7.33. The second-order valence-corrected chi connectivity index (χ2v) is 9.82. The van der Waals surface area contributed by atoms with Crippen molar-refractivity contribution in [3.8, 4) is 11.5 Å². The second-order valence-electron chi connectivity index (χ2n) is 9.42. The van der Waals surface area contributed by atoms with Gasteiger partial charge in [-0.3, -0.25) is 9.78 Å². The molecule has 2 aliphatic heterocycles. The topological polar surface area (TPSA) is 105 Å². The Morgan fingerprint density at radius 2 is 2.19 bits per heavy atom. The summed E-state index contributed by atoms with van der Waals surface area (Å²) in [5.41, 5.74) is 3.14. The number of piperidine rings is 1. The molecular weight excluding hydrogens is 480 g/mol. The Kier molecular flexibility index (Phi) is 7.57. The van der Waals surface area contributed by atoms with Crippen molar-refractivity contribution in [1.29, 1.82) is 0 Å². The average molecular weight is 511 g/mol. The van der Waals surface area contributed by atoms with Crippen molar-refractivity contribution >= 4 is 34.1 Å². The number of nitrogens with one attached hydrogen (secondary N) is 3. The van der Waals surface area contributed by atoms with E-state index in [9.17, 15) is 9.90 Å². The molecule has 190 valence electrons. The van der Waals surface area contributed by atoms with Crippen molar-refractivity contribution < 1.29 is 19.4 Å². The fourth-order valence-electron chi connectivity index (χ4n) is 5.15. The van der Waals surface area contributed by atoms with Crippen LogP contribution in [0.1, 0.15) is 36.5 Å². The first kappa shape index (κ1) is 24.8. The number of benzene rings is 2. The molecule has 2 aromatic carbocycles. The molecule has 4 N–H and O–H groups in total. The van der Waals surface area contributed by atoms with E-state index >= 15 is 0 Å². The SMILES string of the molecule is COc1ccc2ncc(Cl)c(C(O)CC(NCc3ccc4c(c3)NC(=O)CO4)C3CCCNC3)c2c1. The van der Waals surface area contributed by atoms with E-state index in [0.717, 1.165) is 42.4 Å². The van der Waals surface area contributed by atoms with Crippen LogP contribution in [-0.2, 0) is 11.3 Å². The van der Waals surface area contributed by atoms with E-state index in [-0.39, 0.29) is 18.6 Å². The van der Waals surface area contributed by atoms with Crippen molar-refractivity contribution in [1.82, 2.24) is 15.6 Å². The molecule has 1 amide bonds. The number of nitrogens with zero attached hydrogens (tertiary/aromatic N) is 1. The Balaban J connectivity index is 1.37. The molecule has 3 heterocycles. The lowest BCUT2D eigenvalue weighted by molar-refractivity contribution is -0.118. The first-order chi connectivity index (χ1) is 17.5. The molecule has 5 rings (SSSR count). The van der Waals surface area contributed by atoms with Gasteiger partial charge in [0.2, 0.25) is 0 Å². The molecule has 0 bridgehead atoms. The summed E-state index contributed by atoms with van der Waals surface area (Å²) in [6.45, 7) is 2.53. The van der Waals surface area contributed by atoms with E-state index in [1.54, 1.807) is 13.3 Å². The van der Waals surface area contributed by atoms with Crippen LogP contribution in [0.25, 0.3) is 10.9 Å². The zero-order valence-corrected chi connectivity index (χ0v) is 21.0. The van der Waals surface area contributed by atoms with Gasteiger partial charge >= 0.3 is 0 Å². The standard InChI is InChI=1S/C27H31ClN4O4/c1-35-18-5-6-21-19(10-18)27(20(28)14-31-21)24(33)11-22(17-3-2-8-29-13-17)30-12-16-4-7-25-23(9-16)32-26(34)15-36-25/h4-7,9-10,14,17,22,24,29-30,33H,2-3,8,11-13,15H2,1H3,(H,32,34). The van der Waals surface area contributed by atoms with Gasteiger partial charge in [-0.25, -0.2) is 0 Å². The third kappa shape index (κ3) is 5.42. The number of rotatable bonds is 8. The molecule has 3 atom stereocenters. The highest BCUT2D eigenvalue weighted by molar-refractivity contribution is 6.32. The maximum Gasteiger partial charge on any atom is 0.262 e. The molecule has 1 aromatic heterocycles. The Morgan fingerprint density at radius 3 is 3.00 bits per heavy atom. The van der Waals surface area contributed by atoms with E-state index in [4.69, 9.17) is 21.1 Å². The molecule has 3 unspecified atom stereocenters. The molecular formula is C27H31ClN4O4. The molecule has 1 fully saturated rings. The van der Waals surface area contributed by atoms with Crippen LogP contribution in [0.2, 0.25) is 5.02 Å². The number of aromatic nitrogens is 1. The molecule has 3 aromatic rings. The fourth-order valence-corrected chi connectivity index (χ4v) is 5.42. The number of hydrogen-bond acceptors (Lipinski definition) is 7. The zero-order valence-electron chi connectivity index (χ0n) is 20.2. The fraction of sp³-hybridized carbons (Fsp3) is 0.407. The van der Waals surface area contributed by atoms with Crippen LogP contribution in [-0.4, -0.2) is 48.8 Å². The molecule has 36 heavy (non-hydrogen) atoms. The summed E-state index contributed by atoms with van der Waals surface area (Å²) in [6, 6.07) is 11.5. The van der Waals surface area contributed by atoms with Gasteiger partial charge in [0.25, 0.3) is 5.91 Å². The highest BCUT2D eigenvalue weighted by atomic mass is 35.5. The van der Waals surface area contributed by atoms with Crippen LogP contribution in [0.4, 0.5) is 5.69 Å². The highest BCUT2D eigenvalue weighted by Crippen LogP contribution is 2.35. The number of aliphatic hydroxyl groups excluding tert-OH is 1. The summed E-state index contributed by atoms with van der Waals surface area (Å²) < 4.78 is 10.9. The number of ether oxygens (including phenoxy) is 2. The lowest BCUT2D eigenvalue weighted by Crippen LogP contribution is -2.44. The van der Waals surface area contributed by atoms with E-state index < -0.39 is 6.10 Å². The van der Waals surface area contributed by atoms with Crippen LogP contribution in [0.3, 0.4) is 0 Å². The van der Waals surface area contributed by atoms with Gasteiger partial charge in [0.15, 0.2) is 6.61 Å². The molecule has 0 radical (unpaired) electrons. The molecule has 0 saturated carbocycles. The van der Waals surface area contributed by atoms with Gasteiger partial charge in [-0.2, -0.15) is 0 Å². The number of methoxy groups -OCH3 is 1. The zero-order chi connectivity index (χ0) is 25.1. The molecule has 1 saturated heterocycles. The summed E-state index contributed by atoms with van der Waals surface area (Å²) in [5.74, 6) is 1.57. The molecule has 2 aliphatic rings. The van der Waals surface area contributed by atoms with Crippen molar-refractivity contribution in [2.45, 2.75) is 38.0 Å². The first-order valence-corrected chi connectivity index (χ1v) is 12.7. The van der Waals surface area contributed by atoms with Gasteiger partial charge in [-0.05, 0) is 74.2 Å². The van der Waals surface area contributed by atoms with Gasteiger partial charge in [-0.1, -0.05) is 17.7 Å². The largest absolute Gasteiger partial charge is 0.497 e. The smallest absolute Gasteiger partial charge is 0.262 e. The lowest BCUT2D eigenvalue weighted by Gasteiger charge is -2.33. The number of aliphatic hydroxyl groups is 1. The predicted octanol–water partition coefficient (Wildman–Crippen LogP) is 3.81. The summed E-state index contributed by atoms with van der Waals surface area (Å²) >= 11 is 6.57. The van der Waals surface area contributed by atoms with Gasteiger partial charge in [-0.15, -0.1) is 0 Å². The van der Waals surface area contributed by atoms with Gasteiger partial charge in [0.1, 0.15) is 11.5 Å². The molecule has 0 aliphatic carbocycles. The average Bonchev–Trinajstić information content (AvgIpc) is 2.90. The summed E-state index contributed by atoms with van der Waals surface area (Å²) in [6.07, 6.45) is 3.48. The van der Waals surface area contributed by atoms with Crippen LogP contribution >= 0.6 is 11.6 Å². The summed E-state index contributed by atoms with van der Waals surface area (Å²) in [4.78, 5) is 16.1. The number of pyridine rings is 1. The van der Waals surface area contributed by atoms with Crippen molar-refractivity contribution in [2.24, 2.45) is 5.92 Å². The van der Waals surface area contributed by atoms with Gasteiger partial charge < -0.3 is 30.5 Å². The van der Waals surface area contributed by atoms with E-state index in [1.165, 1.54) is 0 Å². The minimum atomic E-state index is -0.786. The molecule has 9 heteroatoms. The number of amides is 1. The van der Waals surface area contributed by atoms with Crippen LogP contribution < -0.4 is 25.4 Å². The number of fused-ring (bicyclic) bond motifs is 2. The van der Waals surface area contributed by atoms with Crippen LogP contribution in [0.15, 0.2) is 42.6 Å². The monoisotopic (exact) mass is 510 g/mol. The quantitative estimate of drug-likeness (QED) is 0.365. The maximum absolute atomic E-state index is 11.7. The van der Waals surface area contributed by atoms with Crippen molar-refractivity contribution in [3.05, 3.63) is 58.7 Å². The van der Waals surface area contributed by atoms with Gasteiger partial charge in [0.05, 0.1) is 29.4 Å². The number of carbonyl (C=O) groups is 1. The van der Waals surface area contributed by atoms with Crippen molar-refractivity contribution in [2.75, 3.05) is 32.1 Å². The molecule has 0 spiro atoms. The minimum absolute atomic E-state index is 0.0390. The number of hydrogen-bond donors (Lipinski definition) is 4. The Morgan fingerprint density at radius 1 is 1.31 bits per heavy atom. The Bertz CT molecular complexity index is 1250. The van der Waals surface area contributed by atoms with E-state index in [2.05, 4.69) is 20.9 Å². The maximum atomic E-state index is 11.7. The van der Waals surface area contributed by atoms with E-state index in [0.29, 0.717) is 46.7 Å². The van der Waals surface area contributed by atoms with E-state index in [1.807, 2.05) is 36.4 Å². The van der Waals surface area contributed by atoms with Crippen LogP contribution in [0, 0.1) is 5.92 Å². The minimum Gasteiger partial charge on any atom is -0.497 e. The van der Waals surface area contributed by atoms with Gasteiger partial charge in [0, 0.05) is 29.7 Å². The Labute approximate surface area is 215 Å². The first-order valence-electron chi connectivity index (χ1n) is 12.3. The van der Waals surface area contributed by atoms with Crippen molar-refractivity contribution in [3.63, 3.8) is 0 Å².